The van der Waals surface area contributed by atoms with E-state index in [0.717, 1.165) is 42.2 Å². The predicted octanol–water partition coefficient (Wildman–Crippen LogP) is 4.08. The molecular formula is C26H26FN4O4P. The molecule has 0 fully saturated rings. The van der Waals surface area contributed by atoms with E-state index >= 15 is 0 Å². The number of carbonyl (C=O) groups is 1. The highest BCUT2D eigenvalue weighted by Gasteiger charge is 2.24. The van der Waals surface area contributed by atoms with E-state index in [2.05, 4.69) is 30.2 Å². The van der Waals surface area contributed by atoms with Crippen molar-refractivity contribution in [2.45, 2.75) is 26.5 Å². The van der Waals surface area contributed by atoms with Gasteiger partial charge in [0.25, 0.3) is 0 Å². The number of imidazole rings is 1. The number of rotatable bonds is 7. The standard InChI is InChI=1S/C26H26FN4O4P/c1-15-6-7-17(18(27)12-15)14-34-21-5-3-4-19(28-21)16-8-10-31(11-9-16)13-20-29-25-22(30(20)2)24(36)23(35-25)26(32)33/h3-8,12H,9-11,13-14,36H2,1-2H3,(H,32,33). The number of hydrogen-bond acceptors (Lipinski definition) is 6. The summed E-state index contributed by atoms with van der Waals surface area (Å²) in [5.41, 5.74) is 4.34. The van der Waals surface area contributed by atoms with E-state index in [-0.39, 0.29) is 18.2 Å². The second kappa shape index (κ2) is 9.84. The molecule has 1 N–H and O–H groups in total. The monoisotopic (exact) mass is 508 g/mol. The SMILES string of the molecule is Cc1ccc(COc2cccc(C3=CCN(Cc4nc5oc(C(=O)O)c(P)c5n4C)CC3)n2)c(F)c1. The van der Waals surface area contributed by atoms with Crippen LogP contribution in [0.15, 0.2) is 46.9 Å². The molecule has 1 aliphatic rings. The van der Waals surface area contributed by atoms with Crippen LogP contribution in [0.4, 0.5) is 4.39 Å². The van der Waals surface area contributed by atoms with Crippen LogP contribution in [0.1, 0.15) is 39.6 Å². The molecule has 186 valence electrons. The van der Waals surface area contributed by atoms with Crippen molar-refractivity contribution >= 4 is 37.3 Å². The molecule has 0 saturated carbocycles. The number of pyridine rings is 1. The van der Waals surface area contributed by atoms with E-state index in [9.17, 15) is 14.3 Å². The van der Waals surface area contributed by atoms with E-state index < -0.39 is 5.97 Å². The first kappa shape index (κ1) is 24.2. The minimum absolute atomic E-state index is 0.104. The van der Waals surface area contributed by atoms with Gasteiger partial charge < -0.3 is 18.8 Å². The zero-order valence-corrected chi connectivity index (χ0v) is 21.1. The predicted molar refractivity (Wildman–Crippen MR) is 137 cm³/mol. The van der Waals surface area contributed by atoms with Gasteiger partial charge in [0, 0.05) is 37.1 Å². The number of aromatic nitrogens is 3. The highest BCUT2D eigenvalue weighted by atomic mass is 31.0. The highest BCUT2D eigenvalue weighted by Crippen LogP contribution is 2.25. The van der Waals surface area contributed by atoms with Crippen molar-refractivity contribution in [1.82, 2.24) is 19.4 Å². The number of fused-ring (bicyclic) bond motifs is 1. The van der Waals surface area contributed by atoms with Gasteiger partial charge in [0.15, 0.2) is 0 Å². The average Bonchev–Trinajstić information content (AvgIpc) is 3.35. The first-order chi connectivity index (χ1) is 17.3. The number of carboxylic acid groups (broad SMARTS) is 1. The first-order valence-electron chi connectivity index (χ1n) is 11.5. The van der Waals surface area contributed by atoms with Gasteiger partial charge in [0.05, 0.1) is 12.2 Å². The third kappa shape index (κ3) is 4.76. The number of hydrogen-bond donors (Lipinski definition) is 1. The van der Waals surface area contributed by atoms with Gasteiger partial charge in [-0.15, -0.1) is 0 Å². The molecule has 0 spiro atoms. The molecule has 0 aliphatic carbocycles. The Morgan fingerprint density at radius 1 is 1.28 bits per heavy atom. The lowest BCUT2D eigenvalue weighted by Gasteiger charge is -2.25. The summed E-state index contributed by atoms with van der Waals surface area (Å²) in [4.78, 5) is 22.7. The summed E-state index contributed by atoms with van der Waals surface area (Å²) in [6, 6.07) is 10.7. The van der Waals surface area contributed by atoms with Gasteiger partial charge in [0.2, 0.25) is 17.4 Å². The summed E-state index contributed by atoms with van der Waals surface area (Å²) in [6.07, 6.45) is 2.95. The third-order valence-corrected chi connectivity index (χ3v) is 6.88. The van der Waals surface area contributed by atoms with Crippen molar-refractivity contribution in [1.29, 1.82) is 0 Å². The molecule has 10 heteroatoms. The first-order valence-corrected chi connectivity index (χ1v) is 12.1. The second-order valence-electron chi connectivity index (χ2n) is 8.85. The number of aromatic carboxylic acids is 1. The van der Waals surface area contributed by atoms with E-state index in [1.807, 2.05) is 36.7 Å². The summed E-state index contributed by atoms with van der Waals surface area (Å²) in [6.45, 7) is 4.11. The molecule has 0 saturated heterocycles. The smallest absolute Gasteiger partial charge is 0.372 e. The Kier molecular flexibility index (Phi) is 6.60. The van der Waals surface area contributed by atoms with Crippen LogP contribution >= 0.6 is 9.24 Å². The highest BCUT2D eigenvalue weighted by molar-refractivity contribution is 7.28. The lowest BCUT2D eigenvalue weighted by molar-refractivity contribution is 0.0666. The molecule has 1 unspecified atom stereocenters. The lowest BCUT2D eigenvalue weighted by Crippen LogP contribution is -2.29. The summed E-state index contributed by atoms with van der Waals surface area (Å²) >= 11 is 0. The van der Waals surface area contributed by atoms with Crippen LogP contribution in [-0.4, -0.2) is 43.6 Å². The minimum atomic E-state index is -1.11. The van der Waals surface area contributed by atoms with Crippen LogP contribution < -0.4 is 10.0 Å². The number of nitrogens with zero attached hydrogens (tertiary/aromatic N) is 4. The van der Waals surface area contributed by atoms with E-state index in [1.165, 1.54) is 6.07 Å². The van der Waals surface area contributed by atoms with Gasteiger partial charge in [-0.1, -0.05) is 33.5 Å². The van der Waals surface area contributed by atoms with Crippen LogP contribution in [0, 0.1) is 12.7 Å². The average molecular weight is 508 g/mol. The molecular weight excluding hydrogens is 482 g/mol. The van der Waals surface area contributed by atoms with Crippen molar-refractivity contribution < 1.29 is 23.4 Å². The van der Waals surface area contributed by atoms with Crippen molar-refractivity contribution in [3.63, 3.8) is 0 Å². The molecule has 8 nitrogen and oxygen atoms in total. The molecule has 0 amide bonds. The number of aryl methyl sites for hydroxylation is 2. The summed E-state index contributed by atoms with van der Waals surface area (Å²) in [7, 11) is 4.30. The molecule has 1 atom stereocenters. The zero-order chi connectivity index (χ0) is 25.4. The van der Waals surface area contributed by atoms with Crippen molar-refractivity contribution in [2.75, 3.05) is 13.1 Å². The van der Waals surface area contributed by atoms with E-state index in [1.54, 1.807) is 12.1 Å². The van der Waals surface area contributed by atoms with Gasteiger partial charge in [0.1, 0.15) is 23.8 Å². The molecule has 3 aromatic heterocycles. The third-order valence-electron chi connectivity index (χ3n) is 6.34. The molecule has 1 aliphatic heterocycles. The van der Waals surface area contributed by atoms with Crippen LogP contribution in [-0.2, 0) is 20.2 Å². The maximum absolute atomic E-state index is 14.1. The minimum Gasteiger partial charge on any atom is -0.475 e. The number of halogens is 1. The van der Waals surface area contributed by atoms with Crippen molar-refractivity contribution in [3.8, 4) is 5.88 Å². The topological polar surface area (TPSA) is 93.6 Å². The second-order valence-corrected chi connectivity index (χ2v) is 9.43. The Balaban J connectivity index is 1.24. The number of benzene rings is 1. The van der Waals surface area contributed by atoms with Crippen molar-refractivity contribution in [2.24, 2.45) is 7.05 Å². The fourth-order valence-corrected chi connectivity index (χ4v) is 4.83. The quantitative estimate of drug-likeness (QED) is 0.376. The maximum atomic E-state index is 14.1. The Morgan fingerprint density at radius 2 is 2.11 bits per heavy atom. The molecule has 1 aromatic carbocycles. The fourth-order valence-electron chi connectivity index (χ4n) is 4.33. The van der Waals surface area contributed by atoms with Crippen LogP contribution in [0.25, 0.3) is 16.8 Å². The molecule has 0 bridgehead atoms. The molecule has 4 heterocycles. The number of carboxylic acids is 1. The Hall–Kier alpha value is -3.55. The number of furan rings is 1. The van der Waals surface area contributed by atoms with Crippen molar-refractivity contribution in [3.05, 3.63) is 76.7 Å². The molecule has 5 rings (SSSR count). The van der Waals surface area contributed by atoms with Crippen LogP contribution in [0.2, 0.25) is 0 Å². The van der Waals surface area contributed by atoms with Crippen LogP contribution in [0.5, 0.6) is 5.88 Å². The van der Waals surface area contributed by atoms with Gasteiger partial charge >= 0.3 is 5.97 Å². The normalized spacial score (nSPS) is 14.3. The Morgan fingerprint density at radius 3 is 2.81 bits per heavy atom. The fraction of sp³-hybridized carbons (Fsp3) is 0.269. The largest absolute Gasteiger partial charge is 0.475 e. The van der Waals surface area contributed by atoms with Gasteiger partial charge in [-0.2, -0.15) is 4.98 Å². The van der Waals surface area contributed by atoms with Gasteiger partial charge in [-0.3, -0.25) is 4.90 Å². The summed E-state index contributed by atoms with van der Waals surface area (Å²) < 4.78 is 27.2. The number of ether oxygens (including phenoxy) is 1. The van der Waals surface area contributed by atoms with E-state index in [4.69, 9.17) is 9.15 Å². The molecule has 36 heavy (non-hydrogen) atoms. The van der Waals surface area contributed by atoms with Gasteiger partial charge in [-0.05, 0) is 36.6 Å². The Labute approximate surface area is 209 Å². The summed E-state index contributed by atoms with van der Waals surface area (Å²) in [5.74, 6) is -0.233. The molecule has 0 radical (unpaired) electrons. The maximum Gasteiger partial charge on any atom is 0.372 e. The Bertz CT molecular complexity index is 1490. The van der Waals surface area contributed by atoms with E-state index in [0.29, 0.717) is 34.5 Å². The van der Waals surface area contributed by atoms with Gasteiger partial charge in [-0.25, -0.2) is 14.2 Å². The molecule has 4 aromatic rings. The van der Waals surface area contributed by atoms with Crippen LogP contribution in [0.3, 0.4) is 0 Å². The lowest BCUT2D eigenvalue weighted by atomic mass is 10.0. The zero-order valence-electron chi connectivity index (χ0n) is 20.0. The summed E-state index contributed by atoms with van der Waals surface area (Å²) in [5, 5.41) is 9.76.